The van der Waals surface area contributed by atoms with Crippen molar-refractivity contribution in [3.05, 3.63) is 60.2 Å². The summed E-state index contributed by atoms with van der Waals surface area (Å²) in [5, 5.41) is 10.0. The fourth-order valence-electron chi connectivity index (χ4n) is 1.92. The van der Waals surface area contributed by atoms with Crippen LogP contribution in [-0.2, 0) is 4.74 Å². The summed E-state index contributed by atoms with van der Waals surface area (Å²) in [5.74, 6) is 0. The SMILES string of the molecule is COCC(O)c1ccccc1-c1ccccc1. The van der Waals surface area contributed by atoms with Gasteiger partial charge in [-0.1, -0.05) is 54.6 Å². The molecule has 88 valence electrons. The molecule has 1 unspecified atom stereocenters. The van der Waals surface area contributed by atoms with E-state index in [1.807, 2.05) is 54.6 Å². The van der Waals surface area contributed by atoms with Gasteiger partial charge in [0.2, 0.25) is 0 Å². The van der Waals surface area contributed by atoms with Crippen LogP contribution in [0.5, 0.6) is 0 Å². The molecule has 1 N–H and O–H groups in total. The molecule has 0 aliphatic carbocycles. The third-order valence-electron chi connectivity index (χ3n) is 2.73. The summed E-state index contributed by atoms with van der Waals surface area (Å²) in [4.78, 5) is 0. The molecule has 2 aromatic rings. The highest BCUT2D eigenvalue weighted by molar-refractivity contribution is 5.67. The van der Waals surface area contributed by atoms with Crippen molar-refractivity contribution in [1.29, 1.82) is 0 Å². The molecule has 0 spiro atoms. The van der Waals surface area contributed by atoms with Crippen molar-refractivity contribution < 1.29 is 9.84 Å². The van der Waals surface area contributed by atoms with E-state index in [1.165, 1.54) is 0 Å². The van der Waals surface area contributed by atoms with Crippen LogP contribution < -0.4 is 0 Å². The second kappa shape index (κ2) is 5.62. The Hall–Kier alpha value is -1.64. The van der Waals surface area contributed by atoms with E-state index in [4.69, 9.17) is 4.74 Å². The third kappa shape index (κ3) is 2.73. The summed E-state index contributed by atoms with van der Waals surface area (Å²) < 4.78 is 5.00. The van der Waals surface area contributed by atoms with Crippen LogP contribution in [0.1, 0.15) is 11.7 Å². The number of ether oxygens (including phenoxy) is 1. The summed E-state index contributed by atoms with van der Waals surface area (Å²) >= 11 is 0. The molecule has 2 rings (SSSR count). The molecule has 0 saturated heterocycles. The van der Waals surface area contributed by atoms with E-state index >= 15 is 0 Å². The lowest BCUT2D eigenvalue weighted by Crippen LogP contribution is -2.06. The van der Waals surface area contributed by atoms with Crippen LogP contribution in [0.3, 0.4) is 0 Å². The zero-order chi connectivity index (χ0) is 12.1. The van der Waals surface area contributed by atoms with Crippen LogP contribution in [0.4, 0.5) is 0 Å². The molecule has 0 aromatic heterocycles. The van der Waals surface area contributed by atoms with Gasteiger partial charge in [-0.3, -0.25) is 0 Å². The van der Waals surface area contributed by atoms with Crippen LogP contribution in [0.15, 0.2) is 54.6 Å². The van der Waals surface area contributed by atoms with E-state index in [0.717, 1.165) is 16.7 Å². The zero-order valence-corrected chi connectivity index (χ0v) is 9.84. The fraction of sp³-hybridized carbons (Fsp3) is 0.200. The highest BCUT2D eigenvalue weighted by Gasteiger charge is 2.12. The maximum Gasteiger partial charge on any atom is 0.103 e. The maximum atomic E-state index is 10.0. The van der Waals surface area contributed by atoms with Crippen molar-refractivity contribution in [2.75, 3.05) is 13.7 Å². The van der Waals surface area contributed by atoms with Gasteiger partial charge in [0.1, 0.15) is 6.10 Å². The molecule has 2 nitrogen and oxygen atoms in total. The molecule has 0 amide bonds. The van der Waals surface area contributed by atoms with Gasteiger partial charge in [-0.25, -0.2) is 0 Å². The number of aliphatic hydroxyl groups excluding tert-OH is 1. The molecule has 0 fully saturated rings. The predicted octanol–water partition coefficient (Wildman–Crippen LogP) is 3.03. The fourth-order valence-corrected chi connectivity index (χ4v) is 1.92. The van der Waals surface area contributed by atoms with Crippen molar-refractivity contribution in [2.24, 2.45) is 0 Å². The number of methoxy groups -OCH3 is 1. The molecule has 0 bridgehead atoms. The van der Waals surface area contributed by atoms with Gasteiger partial charge in [0.15, 0.2) is 0 Å². The Morgan fingerprint density at radius 1 is 1.00 bits per heavy atom. The molecule has 2 aromatic carbocycles. The molecule has 1 atom stereocenters. The van der Waals surface area contributed by atoms with Crippen LogP contribution in [0.2, 0.25) is 0 Å². The van der Waals surface area contributed by atoms with Gasteiger partial charge in [0.25, 0.3) is 0 Å². The molecule has 17 heavy (non-hydrogen) atoms. The minimum Gasteiger partial charge on any atom is -0.386 e. The average Bonchev–Trinajstić information content (AvgIpc) is 2.40. The normalized spacial score (nSPS) is 12.4. The van der Waals surface area contributed by atoms with Gasteiger partial charge in [-0.2, -0.15) is 0 Å². The van der Waals surface area contributed by atoms with E-state index in [2.05, 4.69) is 0 Å². The number of hydrogen-bond acceptors (Lipinski definition) is 2. The van der Waals surface area contributed by atoms with Gasteiger partial charge in [-0.15, -0.1) is 0 Å². The maximum absolute atomic E-state index is 10.0. The molecule has 0 heterocycles. The molecule has 2 heteroatoms. The first-order valence-corrected chi connectivity index (χ1v) is 5.64. The topological polar surface area (TPSA) is 29.5 Å². The summed E-state index contributed by atoms with van der Waals surface area (Å²) in [6, 6.07) is 17.9. The van der Waals surface area contributed by atoms with Gasteiger partial charge >= 0.3 is 0 Å². The molecule has 0 radical (unpaired) electrons. The second-order valence-electron chi connectivity index (χ2n) is 3.92. The molecule has 0 aliphatic rings. The Balaban J connectivity index is 2.41. The molecule has 0 aliphatic heterocycles. The van der Waals surface area contributed by atoms with Crippen LogP contribution in [0, 0.1) is 0 Å². The Labute approximate surface area is 101 Å². The lowest BCUT2D eigenvalue weighted by atomic mass is 9.96. The summed E-state index contributed by atoms with van der Waals surface area (Å²) in [7, 11) is 1.59. The number of rotatable bonds is 4. The summed E-state index contributed by atoms with van der Waals surface area (Å²) in [6.07, 6.45) is -0.587. The van der Waals surface area contributed by atoms with E-state index in [-0.39, 0.29) is 0 Å². The molecular formula is C15H16O2. The van der Waals surface area contributed by atoms with Gasteiger partial charge in [0, 0.05) is 7.11 Å². The van der Waals surface area contributed by atoms with E-state index < -0.39 is 6.10 Å². The minimum absolute atomic E-state index is 0.309. The number of benzene rings is 2. The van der Waals surface area contributed by atoms with E-state index in [1.54, 1.807) is 7.11 Å². The summed E-state index contributed by atoms with van der Waals surface area (Å²) in [5.41, 5.74) is 3.07. The van der Waals surface area contributed by atoms with Crippen molar-refractivity contribution >= 4 is 0 Å². The highest BCUT2D eigenvalue weighted by atomic mass is 16.5. The van der Waals surface area contributed by atoms with Crippen LogP contribution in [-0.4, -0.2) is 18.8 Å². The number of hydrogen-bond donors (Lipinski definition) is 1. The quantitative estimate of drug-likeness (QED) is 0.871. The lowest BCUT2D eigenvalue weighted by molar-refractivity contribution is 0.0647. The lowest BCUT2D eigenvalue weighted by Gasteiger charge is -2.14. The highest BCUT2D eigenvalue weighted by Crippen LogP contribution is 2.28. The smallest absolute Gasteiger partial charge is 0.103 e. The van der Waals surface area contributed by atoms with Crippen molar-refractivity contribution in [3.8, 4) is 11.1 Å². The first kappa shape index (κ1) is 11.8. The third-order valence-corrected chi connectivity index (χ3v) is 2.73. The van der Waals surface area contributed by atoms with Crippen molar-refractivity contribution in [1.82, 2.24) is 0 Å². The largest absolute Gasteiger partial charge is 0.386 e. The average molecular weight is 228 g/mol. The van der Waals surface area contributed by atoms with Crippen molar-refractivity contribution in [2.45, 2.75) is 6.10 Å². The van der Waals surface area contributed by atoms with Crippen molar-refractivity contribution in [3.63, 3.8) is 0 Å². The van der Waals surface area contributed by atoms with Gasteiger partial charge in [0.05, 0.1) is 6.61 Å². The van der Waals surface area contributed by atoms with E-state index in [0.29, 0.717) is 6.61 Å². The van der Waals surface area contributed by atoms with Crippen LogP contribution >= 0.6 is 0 Å². The number of aliphatic hydroxyl groups is 1. The monoisotopic (exact) mass is 228 g/mol. The van der Waals surface area contributed by atoms with E-state index in [9.17, 15) is 5.11 Å². The van der Waals surface area contributed by atoms with Gasteiger partial charge in [-0.05, 0) is 16.7 Å². The standard InChI is InChI=1S/C15H16O2/c1-17-11-15(16)14-10-6-5-9-13(14)12-7-3-2-4-8-12/h2-10,15-16H,11H2,1H3. The first-order chi connectivity index (χ1) is 8.33. The molecule has 0 saturated carbocycles. The zero-order valence-electron chi connectivity index (χ0n) is 9.84. The minimum atomic E-state index is -0.587. The Kier molecular flexibility index (Phi) is 3.91. The van der Waals surface area contributed by atoms with Crippen LogP contribution in [0.25, 0.3) is 11.1 Å². The Morgan fingerprint density at radius 3 is 2.35 bits per heavy atom. The first-order valence-electron chi connectivity index (χ1n) is 5.64. The Bertz CT molecular complexity index is 465. The molecular weight excluding hydrogens is 212 g/mol. The Morgan fingerprint density at radius 2 is 1.65 bits per heavy atom. The summed E-state index contributed by atoms with van der Waals surface area (Å²) in [6.45, 7) is 0.309. The second-order valence-corrected chi connectivity index (χ2v) is 3.92. The predicted molar refractivity (Wildman–Crippen MR) is 68.7 cm³/mol. The van der Waals surface area contributed by atoms with Gasteiger partial charge < -0.3 is 9.84 Å².